The van der Waals surface area contributed by atoms with Gasteiger partial charge in [-0.1, -0.05) is 18.2 Å². The Kier molecular flexibility index (Phi) is 2.18. The van der Waals surface area contributed by atoms with Gasteiger partial charge in [0.05, 0.1) is 11.7 Å². The number of rotatable bonds is 0. The van der Waals surface area contributed by atoms with Crippen LogP contribution in [0.5, 0.6) is 0 Å². The third-order valence-electron chi connectivity index (χ3n) is 3.37. The standard InChI is InChI=1S/C13H14N2O2/c1-8-13(16)17-9(2)12-7-10-5-3-4-6-11(10)15(12)14-8/h3-6,9,12H,7H2,1-2H3/t9-,12+/m1/s1. The maximum Gasteiger partial charge on any atom is 0.354 e. The van der Waals surface area contributed by atoms with Gasteiger partial charge < -0.3 is 4.74 Å². The molecule has 2 heterocycles. The highest BCUT2D eigenvalue weighted by Crippen LogP contribution is 2.35. The van der Waals surface area contributed by atoms with Gasteiger partial charge in [0, 0.05) is 6.42 Å². The van der Waals surface area contributed by atoms with Crippen molar-refractivity contribution in [3.05, 3.63) is 29.8 Å². The van der Waals surface area contributed by atoms with Gasteiger partial charge in [-0.15, -0.1) is 0 Å². The van der Waals surface area contributed by atoms with Crippen LogP contribution < -0.4 is 5.01 Å². The van der Waals surface area contributed by atoms with Crippen LogP contribution in [0.3, 0.4) is 0 Å². The van der Waals surface area contributed by atoms with Crippen molar-refractivity contribution in [2.24, 2.45) is 5.10 Å². The fourth-order valence-electron chi connectivity index (χ4n) is 2.43. The molecule has 0 aliphatic carbocycles. The molecule has 4 nitrogen and oxygen atoms in total. The predicted octanol–water partition coefficient (Wildman–Crippen LogP) is 1.74. The van der Waals surface area contributed by atoms with E-state index in [1.165, 1.54) is 5.56 Å². The Hall–Kier alpha value is -1.84. The Bertz CT molecular complexity index is 510. The number of hydrazone groups is 1. The molecular formula is C13H14N2O2. The summed E-state index contributed by atoms with van der Waals surface area (Å²) >= 11 is 0. The number of hydrogen-bond donors (Lipinski definition) is 0. The number of cyclic esters (lactones) is 1. The van der Waals surface area contributed by atoms with E-state index in [0.29, 0.717) is 5.71 Å². The van der Waals surface area contributed by atoms with Crippen LogP contribution >= 0.6 is 0 Å². The monoisotopic (exact) mass is 230 g/mol. The summed E-state index contributed by atoms with van der Waals surface area (Å²) in [4.78, 5) is 11.6. The highest BCUT2D eigenvalue weighted by molar-refractivity contribution is 6.35. The van der Waals surface area contributed by atoms with Crippen molar-refractivity contribution >= 4 is 17.4 Å². The van der Waals surface area contributed by atoms with Crippen LogP contribution in [0.2, 0.25) is 0 Å². The highest BCUT2D eigenvalue weighted by atomic mass is 16.5. The minimum atomic E-state index is -0.315. The highest BCUT2D eigenvalue weighted by Gasteiger charge is 2.37. The number of anilines is 1. The van der Waals surface area contributed by atoms with Crippen molar-refractivity contribution in [3.63, 3.8) is 0 Å². The molecule has 88 valence electrons. The largest absolute Gasteiger partial charge is 0.456 e. The number of benzene rings is 1. The number of carbonyl (C=O) groups excluding carboxylic acids is 1. The zero-order valence-electron chi connectivity index (χ0n) is 9.88. The molecule has 0 bridgehead atoms. The molecule has 0 radical (unpaired) electrons. The van der Waals surface area contributed by atoms with Gasteiger partial charge in [-0.3, -0.25) is 5.01 Å². The molecule has 0 amide bonds. The summed E-state index contributed by atoms with van der Waals surface area (Å²) in [5.74, 6) is -0.315. The molecule has 2 aliphatic heterocycles. The quantitative estimate of drug-likeness (QED) is 0.637. The number of esters is 1. The molecule has 0 saturated heterocycles. The average molecular weight is 230 g/mol. The van der Waals surface area contributed by atoms with Crippen molar-refractivity contribution in [2.75, 3.05) is 5.01 Å². The van der Waals surface area contributed by atoms with Crippen LogP contribution in [0.4, 0.5) is 5.69 Å². The van der Waals surface area contributed by atoms with Gasteiger partial charge in [-0.25, -0.2) is 4.79 Å². The summed E-state index contributed by atoms with van der Waals surface area (Å²) in [6.45, 7) is 3.62. The van der Waals surface area contributed by atoms with Gasteiger partial charge in [0.2, 0.25) is 0 Å². The summed E-state index contributed by atoms with van der Waals surface area (Å²) in [6, 6.07) is 8.27. The van der Waals surface area contributed by atoms with Crippen molar-refractivity contribution in [1.82, 2.24) is 0 Å². The lowest BCUT2D eigenvalue weighted by atomic mass is 10.1. The molecule has 0 spiro atoms. The van der Waals surface area contributed by atoms with Gasteiger partial charge >= 0.3 is 5.97 Å². The molecule has 0 aromatic heterocycles. The Labute approximate surface area is 99.9 Å². The first-order chi connectivity index (χ1) is 8.16. The first-order valence-corrected chi connectivity index (χ1v) is 5.80. The van der Waals surface area contributed by atoms with Crippen molar-refractivity contribution in [1.29, 1.82) is 0 Å². The molecule has 2 aliphatic rings. The lowest BCUT2D eigenvalue weighted by Crippen LogP contribution is -2.37. The summed E-state index contributed by atoms with van der Waals surface area (Å²) < 4.78 is 5.36. The van der Waals surface area contributed by atoms with E-state index in [1.807, 2.05) is 30.1 Å². The Morgan fingerprint density at radius 1 is 1.41 bits per heavy atom. The molecule has 3 rings (SSSR count). The molecule has 1 aromatic rings. The van der Waals surface area contributed by atoms with E-state index in [4.69, 9.17) is 4.74 Å². The van der Waals surface area contributed by atoms with Gasteiger partial charge in [-0.05, 0) is 25.5 Å². The lowest BCUT2D eigenvalue weighted by molar-refractivity contribution is -0.140. The fraction of sp³-hybridized carbons (Fsp3) is 0.385. The molecule has 1 aromatic carbocycles. The Morgan fingerprint density at radius 3 is 3.00 bits per heavy atom. The maximum atomic E-state index is 11.6. The number of para-hydroxylation sites is 1. The van der Waals surface area contributed by atoms with Crippen molar-refractivity contribution in [3.8, 4) is 0 Å². The molecule has 0 fully saturated rings. The summed E-state index contributed by atoms with van der Waals surface area (Å²) in [5.41, 5.74) is 2.76. The van der Waals surface area contributed by atoms with E-state index < -0.39 is 0 Å². The van der Waals surface area contributed by atoms with Crippen LogP contribution in [-0.2, 0) is 16.0 Å². The third kappa shape index (κ3) is 1.52. The number of ether oxygens (including phenoxy) is 1. The van der Waals surface area contributed by atoms with Gasteiger partial charge in [0.25, 0.3) is 0 Å². The van der Waals surface area contributed by atoms with Crippen LogP contribution in [0.15, 0.2) is 29.4 Å². The van der Waals surface area contributed by atoms with Crippen molar-refractivity contribution in [2.45, 2.75) is 32.4 Å². The molecule has 2 atom stereocenters. The van der Waals surface area contributed by atoms with Crippen LogP contribution in [0.1, 0.15) is 19.4 Å². The van der Waals surface area contributed by atoms with E-state index in [1.54, 1.807) is 6.92 Å². The topological polar surface area (TPSA) is 41.9 Å². The average Bonchev–Trinajstić information content (AvgIpc) is 2.63. The second kappa shape index (κ2) is 3.58. The summed E-state index contributed by atoms with van der Waals surface area (Å²) in [6.07, 6.45) is 0.734. The van der Waals surface area contributed by atoms with E-state index in [9.17, 15) is 4.79 Å². The smallest absolute Gasteiger partial charge is 0.354 e. The van der Waals surface area contributed by atoms with E-state index in [-0.39, 0.29) is 18.1 Å². The molecule has 4 heteroatoms. The molecule has 17 heavy (non-hydrogen) atoms. The van der Waals surface area contributed by atoms with Crippen LogP contribution in [0, 0.1) is 0 Å². The number of fused-ring (bicyclic) bond motifs is 3. The second-order valence-corrected chi connectivity index (χ2v) is 4.54. The van der Waals surface area contributed by atoms with Gasteiger partial charge in [0.15, 0.2) is 0 Å². The van der Waals surface area contributed by atoms with Gasteiger partial charge in [-0.2, -0.15) is 5.10 Å². The summed E-state index contributed by atoms with van der Waals surface area (Å²) in [7, 11) is 0. The first-order valence-electron chi connectivity index (χ1n) is 5.80. The minimum Gasteiger partial charge on any atom is -0.456 e. The summed E-state index contributed by atoms with van der Waals surface area (Å²) in [5, 5.41) is 6.32. The van der Waals surface area contributed by atoms with Gasteiger partial charge in [0.1, 0.15) is 11.8 Å². The predicted molar refractivity (Wildman–Crippen MR) is 65.1 cm³/mol. The SMILES string of the molecule is CC1=NN2c3ccccc3C[C@H]2[C@@H](C)OC1=O. The normalized spacial score (nSPS) is 26.8. The second-order valence-electron chi connectivity index (χ2n) is 4.54. The van der Waals surface area contributed by atoms with Crippen LogP contribution in [-0.4, -0.2) is 23.8 Å². The Balaban J connectivity index is 2.09. The van der Waals surface area contributed by atoms with E-state index in [0.717, 1.165) is 12.1 Å². The van der Waals surface area contributed by atoms with E-state index in [2.05, 4.69) is 11.2 Å². The molecule has 0 N–H and O–H groups in total. The number of hydrogen-bond acceptors (Lipinski definition) is 4. The lowest BCUT2D eigenvalue weighted by Gasteiger charge is -2.24. The number of nitrogens with zero attached hydrogens (tertiary/aromatic N) is 2. The minimum absolute atomic E-state index is 0.119. The zero-order valence-corrected chi connectivity index (χ0v) is 9.88. The van der Waals surface area contributed by atoms with Crippen LogP contribution in [0.25, 0.3) is 0 Å². The molecule has 0 unspecified atom stereocenters. The number of carbonyl (C=O) groups is 1. The fourth-order valence-corrected chi connectivity index (χ4v) is 2.43. The third-order valence-corrected chi connectivity index (χ3v) is 3.37. The Morgan fingerprint density at radius 2 is 2.18 bits per heavy atom. The van der Waals surface area contributed by atoms with E-state index >= 15 is 0 Å². The van der Waals surface area contributed by atoms with Crippen molar-refractivity contribution < 1.29 is 9.53 Å². The molecular weight excluding hydrogens is 216 g/mol. The maximum absolute atomic E-state index is 11.6. The molecule has 0 saturated carbocycles. The zero-order chi connectivity index (χ0) is 12.0. The first kappa shape index (κ1) is 10.3.